The average molecular weight is 378 g/mol. The van der Waals surface area contributed by atoms with Crippen molar-refractivity contribution >= 4 is 11.6 Å². The molecule has 0 spiro atoms. The summed E-state index contributed by atoms with van der Waals surface area (Å²) in [5.41, 5.74) is 3.16. The van der Waals surface area contributed by atoms with E-state index in [4.69, 9.17) is 14.2 Å². The van der Waals surface area contributed by atoms with Crippen LogP contribution in [0.4, 0.5) is 5.69 Å². The van der Waals surface area contributed by atoms with Crippen LogP contribution in [0, 0.1) is 17.8 Å². The van der Waals surface area contributed by atoms with E-state index in [1.165, 1.54) is 12.8 Å². The number of hydrogen-bond acceptors (Lipinski definition) is 5. The van der Waals surface area contributed by atoms with Gasteiger partial charge in [-0.1, -0.05) is 24.0 Å². The summed E-state index contributed by atoms with van der Waals surface area (Å²) in [5.74, 6) is 7.22. The van der Waals surface area contributed by atoms with Crippen molar-refractivity contribution in [3.05, 3.63) is 42.0 Å². The number of pyridine rings is 1. The minimum absolute atomic E-state index is 0.247. The highest BCUT2D eigenvalue weighted by Crippen LogP contribution is 2.28. The lowest BCUT2D eigenvalue weighted by Crippen LogP contribution is -2.39. The molecule has 4 rings (SSSR count). The number of ether oxygens (including phenoxy) is 3. The lowest BCUT2D eigenvalue weighted by atomic mass is 10.1. The largest absolute Gasteiger partial charge is 0.481 e. The fraction of sp³-hybridized carbons (Fsp3) is 0.364. The van der Waals surface area contributed by atoms with Gasteiger partial charge in [0.15, 0.2) is 6.10 Å². The van der Waals surface area contributed by atoms with E-state index in [0.29, 0.717) is 36.4 Å². The van der Waals surface area contributed by atoms with E-state index in [2.05, 4.69) is 22.1 Å². The zero-order chi connectivity index (χ0) is 19.3. The molecule has 6 heteroatoms. The number of carbonyl (C=O) groups is 1. The van der Waals surface area contributed by atoms with Crippen molar-refractivity contribution in [2.45, 2.75) is 18.9 Å². The molecule has 144 valence electrons. The second-order valence-electron chi connectivity index (χ2n) is 6.83. The van der Waals surface area contributed by atoms with Crippen molar-refractivity contribution in [1.82, 2.24) is 4.98 Å². The third-order valence-corrected chi connectivity index (χ3v) is 4.54. The number of nitrogens with one attached hydrogen (secondary N) is 1. The zero-order valence-corrected chi connectivity index (χ0v) is 15.7. The first-order chi connectivity index (χ1) is 13.7. The minimum Gasteiger partial charge on any atom is -0.481 e. The van der Waals surface area contributed by atoms with Crippen LogP contribution >= 0.6 is 0 Å². The second-order valence-corrected chi connectivity index (χ2v) is 6.83. The second kappa shape index (κ2) is 8.42. The van der Waals surface area contributed by atoms with Crippen molar-refractivity contribution < 1.29 is 19.0 Å². The molecule has 1 saturated heterocycles. The van der Waals surface area contributed by atoms with Gasteiger partial charge in [0, 0.05) is 28.8 Å². The highest BCUT2D eigenvalue weighted by molar-refractivity contribution is 5.95. The molecule has 1 N–H and O–H groups in total. The van der Waals surface area contributed by atoms with E-state index in [0.717, 1.165) is 11.1 Å². The summed E-state index contributed by atoms with van der Waals surface area (Å²) < 4.78 is 16.1. The number of nitrogens with zero attached hydrogens (tertiary/aromatic N) is 1. The summed E-state index contributed by atoms with van der Waals surface area (Å²) in [6.45, 7) is 1.18. The first kappa shape index (κ1) is 18.5. The predicted molar refractivity (Wildman–Crippen MR) is 105 cm³/mol. The van der Waals surface area contributed by atoms with Crippen LogP contribution in [0.5, 0.6) is 5.88 Å². The standard InChI is InChI=1S/C22H22N2O4/c1-26-21-13-18(23-22(25)20-14-27-9-10-28-20)12-19(24-21)17-4-2-3-16(11-17)8-7-15-5-6-15/h2-4,11-13,15,20H,5-6,9-10,14H2,1H3,(H,23,24,25)/t20-/m0/s1. The van der Waals surface area contributed by atoms with Gasteiger partial charge in [0.2, 0.25) is 5.88 Å². The lowest BCUT2D eigenvalue weighted by molar-refractivity contribution is -0.142. The summed E-state index contributed by atoms with van der Waals surface area (Å²) >= 11 is 0. The summed E-state index contributed by atoms with van der Waals surface area (Å²) in [7, 11) is 1.55. The van der Waals surface area contributed by atoms with Crippen LogP contribution in [0.3, 0.4) is 0 Å². The normalized spacial score (nSPS) is 18.7. The molecule has 1 aliphatic carbocycles. The van der Waals surface area contributed by atoms with Gasteiger partial charge in [-0.3, -0.25) is 4.79 Å². The van der Waals surface area contributed by atoms with Gasteiger partial charge in [-0.05, 0) is 31.0 Å². The van der Waals surface area contributed by atoms with E-state index >= 15 is 0 Å². The molecule has 2 fully saturated rings. The molecule has 0 bridgehead atoms. The number of rotatable bonds is 4. The number of amides is 1. The molecule has 0 unspecified atom stereocenters. The van der Waals surface area contributed by atoms with Crippen molar-refractivity contribution in [3.63, 3.8) is 0 Å². The molecule has 6 nitrogen and oxygen atoms in total. The molecule has 1 atom stereocenters. The van der Waals surface area contributed by atoms with Gasteiger partial charge in [0.1, 0.15) is 0 Å². The maximum atomic E-state index is 12.4. The molecular weight excluding hydrogens is 356 g/mol. The first-order valence-electron chi connectivity index (χ1n) is 9.39. The molecule has 1 aromatic carbocycles. The highest BCUT2D eigenvalue weighted by Gasteiger charge is 2.23. The van der Waals surface area contributed by atoms with Crippen molar-refractivity contribution in [1.29, 1.82) is 0 Å². The monoisotopic (exact) mass is 378 g/mol. The van der Waals surface area contributed by atoms with E-state index in [9.17, 15) is 4.79 Å². The average Bonchev–Trinajstić information content (AvgIpc) is 3.57. The summed E-state index contributed by atoms with van der Waals surface area (Å²) in [4.78, 5) is 16.9. The number of anilines is 1. The Bertz CT molecular complexity index is 922. The van der Waals surface area contributed by atoms with E-state index in [1.54, 1.807) is 13.2 Å². The quantitative estimate of drug-likeness (QED) is 0.829. The fourth-order valence-corrected chi connectivity index (χ4v) is 2.86. The molecule has 1 aliphatic heterocycles. The fourth-order valence-electron chi connectivity index (χ4n) is 2.86. The third kappa shape index (κ3) is 4.69. The summed E-state index contributed by atoms with van der Waals surface area (Å²) in [6.07, 6.45) is 1.78. The van der Waals surface area contributed by atoms with Crippen molar-refractivity contribution in [2.75, 3.05) is 32.2 Å². The van der Waals surface area contributed by atoms with E-state index in [-0.39, 0.29) is 12.5 Å². The van der Waals surface area contributed by atoms with Gasteiger partial charge in [-0.25, -0.2) is 4.98 Å². The van der Waals surface area contributed by atoms with E-state index in [1.807, 2.05) is 30.3 Å². The minimum atomic E-state index is -0.614. The zero-order valence-electron chi connectivity index (χ0n) is 15.7. The predicted octanol–water partition coefficient (Wildman–Crippen LogP) is 2.87. The topological polar surface area (TPSA) is 69.7 Å². The number of methoxy groups -OCH3 is 1. The highest BCUT2D eigenvalue weighted by atomic mass is 16.6. The van der Waals surface area contributed by atoms with Crippen LogP contribution < -0.4 is 10.1 Å². The van der Waals surface area contributed by atoms with Crippen molar-refractivity contribution in [2.24, 2.45) is 5.92 Å². The van der Waals surface area contributed by atoms with Gasteiger partial charge in [-0.15, -0.1) is 0 Å². The Kier molecular flexibility index (Phi) is 5.56. The van der Waals surface area contributed by atoms with Crippen molar-refractivity contribution in [3.8, 4) is 29.0 Å². The molecular formula is C22H22N2O4. The Morgan fingerprint density at radius 3 is 2.89 bits per heavy atom. The van der Waals surface area contributed by atoms with Crippen LogP contribution in [0.1, 0.15) is 18.4 Å². The van der Waals surface area contributed by atoms with Crippen LogP contribution in [0.25, 0.3) is 11.3 Å². The lowest BCUT2D eigenvalue weighted by Gasteiger charge is -2.22. The molecule has 1 aromatic heterocycles. The Balaban J connectivity index is 1.57. The molecule has 1 saturated carbocycles. The van der Waals surface area contributed by atoms with Gasteiger partial charge >= 0.3 is 0 Å². The Hall–Kier alpha value is -2.88. The Labute approximate surface area is 164 Å². The molecule has 2 aliphatic rings. The van der Waals surface area contributed by atoms with Crippen LogP contribution in [-0.4, -0.2) is 43.9 Å². The molecule has 2 aromatic rings. The third-order valence-electron chi connectivity index (χ3n) is 4.54. The van der Waals surface area contributed by atoms with E-state index < -0.39 is 6.10 Å². The Morgan fingerprint density at radius 1 is 1.25 bits per heavy atom. The number of benzene rings is 1. The molecule has 28 heavy (non-hydrogen) atoms. The molecule has 1 amide bonds. The molecule has 0 radical (unpaired) electrons. The first-order valence-corrected chi connectivity index (χ1v) is 9.39. The summed E-state index contributed by atoms with van der Waals surface area (Å²) in [5, 5.41) is 2.87. The smallest absolute Gasteiger partial charge is 0.255 e. The SMILES string of the molecule is COc1cc(NC(=O)[C@@H]2COCCO2)cc(-c2cccc(C#CC3CC3)c2)n1. The van der Waals surface area contributed by atoms with Crippen LogP contribution in [0.2, 0.25) is 0 Å². The number of aromatic nitrogens is 1. The van der Waals surface area contributed by atoms with Crippen LogP contribution in [0.15, 0.2) is 36.4 Å². The maximum Gasteiger partial charge on any atom is 0.255 e. The van der Waals surface area contributed by atoms with Crippen LogP contribution in [-0.2, 0) is 14.3 Å². The number of hydrogen-bond donors (Lipinski definition) is 1. The van der Waals surface area contributed by atoms with Gasteiger partial charge in [-0.2, -0.15) is 0 Å². The maximum absolute atomic E-state index is 12.4. The van der Waals surface area contributed by atoms with Gasteiger partial charge in [0.25, 0.3) is 5.91 Å². The summed E-state index contributed by atoms with van der Waals surface area (Å²) in [6, 6.07) is 11.4. The van der Waals surface area contributed by atoms with Gasteiger partial charge < -0.3 is 19.5 Å². The number of carbonyl (C=O) groups excluding carboxylic acids is 1. The molecule has 2 heterocycles. The van der Waals surface area contributed by atoms with Gasteiger partial charge in [0.05, 0.1) is 32.6 Å². The Morgan fingerprint density at radius 2 is 2.14 bits per heavy atom.